The lowest BCUT2D eigenvalue weighted by molar-refractivity contribution is 0.0471. The van der Waals surface area contributed by atoms with Gasteiger partial charge in [-0.2, -0.15) is 0 Å². The number of amides is 1. The summed E-state index contributed by atoms with van der Waals surface area (Å²) in [6, 6.07) is 25.9. The van der Waals surface area contributed by atoms with Crippen molar-refractivity contribution in [2.45, 2.75) is 24.5 Å². The number of rotatable bonds is 5. The van der Waals surface area contributed by atoms with E-state index in [1.807, 2.05) is 36.4 Å². The molecule has 164 valence electrons. The number of piperidine rings is 1. The molecule has 3 aromatic rings. The van der Waals surface area contributed by atoms with Crippen LogP contribution in [0.15, 0.2) is 72.8 Å². The number of hydrogen-bond acceptors (Lipinski definition) is 3. The topological polar surface area (TPSA) is 35.6 Å². The van der Waals surface area contributed by atoms with E-state index in [0.29, 0.717) is 23.6 Å². The Bertz CT molecular complexity index is 1100. The Hall–Kier alpha value is -2.66. The lowest BCUT2D eigenvalue weighted by Crippen LogP contribution is -2.71. The minimum atomic E-state index is 0.0273. The standard InChI is InChI=1S/C27H28ClN3O/c1-30(2)27(32)21-13-9-19(10-14-21)18-7-11-20(12-8-18)26-24-16-31(17-25(26)29-24)15-22-5-3-4-6-23(22)28/h3-14,24-26,29H,15-17H2,1-2H3/t24-,25+,26?. The van der Waals surface area contributed by atoms with E-state index in [2.05, 4.69) is 46.6 Å². The molecular weight excluding hydrogens is 418 g/mol. The summed E-state index contributed by atoms with van der Waals surface area (Å²) in [5, 5.41) is 4.57. The SMILES string of the molecule is CN(C)C(=O)c1ccc(-c2ccc(C3[C@@H]4CN(Cc5ccccc5Cl)C[C@H]3N4)cc2)cc1. The van der Waals surface area contributed by atoms with Crippen LogP contribution >= 0.6 is 11.6 Å². The van der Waals surface area contributed by atoms with Crippen LogP contribution in [-0.2, 0) is 6.54 Å². The molecule has 32 heavy (non-hydrogen) atoms. The quantitative estimate of drug-likeness (QED) is 0.621. The van der Waals surface area contributed by atoms with Crippen molar-refractivity contribution in [3.05, 3.63) is 94.5 Å². The first kappa shape index (κ1) is 21.2. The molecule has 3 saturated heterocycles. The van der Waals surface area contributed by atoms with E-state index < -0.39 is 0 Å². The Morgan fingerprint density at radius 1 is 0.938 bits per heavy atom. The van der Waals surface area contributed by atoms with Gasteiger partial charge in [0.15, 0.2) is 0 Å². The van der Waals surface area contributed by atoms with Crippen LogP contribution in [0.3, 0.4) is 0 Å². The van der Waals surface area contributed by atoms with Crippen LogP contribution in [-0.4, -0.2) is 55.0 Å². The molecule has 6 rings (SSSR count). The summed E-state index contributed by atoms with van der Waals surface area (Å²) >= 11 is 6.36. The van der Waals surface area contributed by atoms with Crippen LogP contribution in [0.1, 0.15) is 27.4 Å². The zero-order valence-electron chi connectivity index (χ0n) is 18.5. The van der Waals surface area contributed by atoms with Gasteiger partial charge < -0.3 is 10.2 Å². The highest BCUT2D eigenvalue weighted by Gasteiger charge is 2.46. The largest absolute Gasteiger partial charge is 0.345 e. The van der Waals surface area contributed by atoms with E-state index in [-0.39, 0.29) is 5.91 Å². The molecule has 1 amide bonds. The van der Waals surface area contributed by atoms with E-state index in [9.17, 15) is 4.79 Å². The van der Waals surface area contributed by atoms with Gasteiger partial charge in [0.2, 0.25) is 0 Å². The van der Waals surface area contributed by atoms with Crippen LogP contribution in [0.4, 0.5) is 0 Å². The Kier molecular flexibility index (Phi) is 5.76. The van der Waals surface area contributed by atoms with Crippen LogP contribution in [0.25, 0.3) is 11.1 Å². The van der Waals surface area contributed by atoms with Crippen LogP contribution in [0.5, 0.6) is 0 Å². The highest BCUT2D eigenvalue weighted by atomic mass is 35.5. The molecule has 3 aliphatic heterocycles. The summed E-state index contributed by atoms with van der Waals surface area (Å²) in [5.74, 6) is 0.589. The van der Waals surface area contributed by atoms with Crippen molar-refractivity contribution >= 4 is 17.5 Å². The molecular formula is C27H28ClN3O. The minimum Gasteiger partial charge on any atom is -0.345 e. The smallest absolute Gasteiger partial charge is 0.253 e. The zero-order chi connectivity index (χ0) is 22.2. The van der Waals surface area contributed by atoms with E-state index in [1.165, 1.54) is 16.7 Å². The van der Waals surface area contributed by atoms with Gasteiger partial charge in [-0.3, -0.25) is 9.69 Å². The number of fused-ring (bicyclic) bond motifs is 2. The van der Waals surface area contributed by atoms with Gasteiger partial charge in [0.05, 0.1) is 0 Å². The Morgan fingerprint density at radius 2 is 1.53 bits per heavy atom. The first-order valence-corrected chi connectivity index (χ1v) is 11.5. The molecule has 3 heterocycles. The molecule has 0 spiro atoms. The lowest BCUT2D eigenvalue weighted by atomic mass is 9.74. The molecule has 3 aromatic carbocycles. The predicted molar refractivity (Wildman–Crippen MR) is 130 cm³/mol. The minimum absolute atomic E-state index is 0.0273. The van der Waals surface area contributed by atoms with Crippen LogP contribution in [0.2, 0.25) is 5.02 Å². The van der Waals surface area contributed by atoms with Gasteiger partial charge in [0.1, 0.15) is 0 Å². The van der Waals surface area contributed by atoms with E-state index >= 15 is 0 Å². The summed E-state index contributed by atoms with van der Waals surface area (Å²) < 4.78 is 0. The number of nitrogens with zero attached hydrogens (tertiary/aromatic N) is 2. The maximum Gasteiger partial charge on any atom is 0.253 e. The van der Waals surface area contributed by atoms with Crippen molar-refractivity contribution in [3.63, 3.8) is 0 Å². The highest BCUT2D eigenvalue weighted by molar-refractivity contribution is 6.31. The van der Waals surface area contributed by atoms with E-state index in [1.54, 1.807) is 19.0 Å². The number of carbonyl (C=O) groups excluding carboxylic acids is 1. The third kappa shape index (κ3) is 4.06. The summed E-state index contributed by atoms with van der Waals surface area (Å²) in [6.45, 7) is 2.98. The molecule has 2 bridgehead atoms. The summed E-state index contributed by atoms with van der Waals surface area (Å²) in [4.78, 5) is 16.2. The molecule has 0 saturated carbocycles. The van der Waals surface area contributed by atoms with Gasteiger partial charge in [-0.15, -0.1) is 0 Å². The predicted octanol–water partition coefficient (Wildman–Crippen LogP) is 4.65. The third-order valence-corrected chi connectivity index (χ3v) is 7.09. The number of halogens is 1. The summed E-state index contributed by atoms with van der Waals surface area (Å²) in [6.07, 6.45) is 0. The number of hydrogen-bond donors (Lipinski definition) is 1. The Balaban J connectivity index is 1.24. The number of benzene rings is 3. The second kappa shape index (κ2) is 8.70. The monoisotopic (exact) mass is 445 g/mol. The molecule has 3 atom stereocenters. The van der Waals surface area contributed by atoms with Gasteiger partial charge in [-0.05, 0) is 40.5 Å². The second-order valence-corrected chi connectivity index (χ2v) is 9.50. The third-order valence-electron chi connectivity index (χ3n) is 6.72. The van der Waals surface area contributed by atoms with Crippen LogP contribution in [0, 0.1) is 0 Å². The molecule has 4 nitrogen and oxygen atoms in total. The van der Waals surface area contributed by atoms with Crippen molar-refractivity contribution in [2.75, 3.05) is 27.2 Å². The molecule has 3 aliphatic rings. The van der Waals surface area contributed by atoms with Gasteiger partial charge in [-0.1, -0.05) is 66.2 Å². The molecule has 3 fully saturated rings. The molecule has 0 radical (unpaired) electrons. The molecule has 5 heteroatoms. The maximum atomic E-state index is 12.1. The second-order valence-electron chi connectivity index (χ2n) is 9.09. The maximum absolute atomic E-state index is 12.1. The van der Waals surface area contributed by atoms with Crippen molar-refractivity contribution in [2.24, 2.45) is 0 Å². The normalized spacial score (nSPS) is 22.3. The zero-order valence-corrected chi connectivity index (χ0v) is 19.2. The fourth-order valence-electron chi connectivity index (χ4n) is 5.03. The molecule has 0 aliphatic carbocycles. The van der Waals surface area contributed by atoms with Gasteiger partial charge >= 0.3 is 0 Å². The van der Waals surface area contributed by atoms with Gasteiger partial charge in [0.25, 0.3) is 5.91 Å². The molecule has 1 unspecified atom stereocenters. The van der Waals surface area contributed by atoms with Crippen molar-refractivity contribution in [3.8, 4) is 11.1 Å². The van der Waals surface area contributed by atoms with Crippen LogP contribution < -0.4 is 5.32 Å². The first-order valence-electron chi connectivity index (χ1n) is 11.1. The summed E-state index contributed by atoms with van der Waals surface area (Å²) in [7, 11) is 3.55. The van der Waals surface area contributed by atoms with Gasteiger partial charge in [0, 0.05) is 62.3 Å². The lowest BCUT2D eigenvalue weighted by Gasteiger charge is -2.55. The average Bonchev–Trinajstić information content (AvgIpc) is 2.81. The Morgan fingerprint density at radius 3 is 2.12 bits per heavy atom. The Labute approximate surface area is 194 Å². The molecule has 1 N–H and O–H groups in total. The van der Waals surface area contributed by atoms with Crippen molar-refractivity contribution in [1.82, 2.24) is 15.1 Å². The fraction of sp³-hybridized carbons (Fsp3) is 0.296. The number of piperazine rings is 1. The first-order chi connectivity index (χ1) is 15.5. The number of carbonyl (C=O) groups is 1. The van der Waals surface area contributed by atoms with Gasteiger partial charge in [-0.25, -0.2) is 0 Å². The van der Waals surface area contributed by atoms with Crippen molar-refractivity contribution in [1.29, 1.82) is 0 Å². The van der Waals surface area contributed by atoms with Crippen molar-refractivity contribution < 1.29 is 4.79 Å². The van der Waals surface area contributed by atoms with E-state index in [0.717, 1.165) is 30.2 Å². The molecule has 0 aromatic heterocycles. The summed E-state index contributed by atoms with van der Waals surface area (Å²) in [5.41, 5.74) is 5.62. The average molecular weight is 446 g/mol. The number of nitrogens with one attached hydrogen (secondary N) is 1. The highest BCUT2D eigenvalue weighted by Crippen LogP contribution is 2.38. The van der Waals surface area contributed by atoms with E-state index in [4.69, 9.17) is 11.6 Å². The fourth-order valence-corrected chi connectivity index (χ4v) is 5.23.